The molecule has 33 heavy (non-hydrogen) atoms. The number of urea groups is 1. The molecule has 1 saturated heterocycles. The standard InChI is InChI=1S/C21H20F3N3O6/c1-31-14-9-13(10-15(32-2)16(14)33-3)17(28)25-20(21(22,23)24)18(29)27(19(30)26-20)11-12-7-5-4-6-8-12/h4-10H,11H2,1-3H3,(H,25,28)(H,26,30)/t20-/m1/s1. The Bertz CT molecular complexity index is 1050. The van der Waals surface area contributed by atoms with E-state index in [1.165, 1.54) is 21.3 Å². The van der Waals surface area contributed by atoms with Crippen LogP contribution in [0.25, 0.3) is 0 Å². The SMILES string of the molecule is COc1cc(C(=O)N[C@@]2(C(F)(F)F)NC(=O)N(Cc3ccccc3)C2=O)cc(OC)c1OC. The molecule has 9 nitrogen and oxygen atoms in total. The molecule has 1 heterocycles. The molecule has 0 aromatic heterocycles. The van der Waals surface area contributed by atoms with Crippen LogP contribution in [0.15, 0.2) is 42.5 Å². The van der Waals surface area contributed by atoms with Gasteiger partial charge in [-0.2, -0.15) is 13.2 Å². The first-order valence-electron chi connectivity index (χ1n) is 9.45. The third-order valence-corrected chi connectivity index (χ3v) is 4.94. The first-order valence-corrected chi connectivity index (χ1v) is 9.45. The summed E-state index contributed by atoms with van der Waals surface area (Å²) in [4.78, 5) is 38.4. The monoisotopic (exact) mass is 467 g/mol. The van der Waals surface area contributed by atoms with Crippen LogP contribution >= 0.6 is 0 Å². The van der Waals surface area contributed by atoms with Crippen LogP contribution in [0, 0.1) is 0 Å². The van der Waals surface area contributed by atoms with E-state index in [1.807, 2.05) is 0 Å². The number of hydrogen-bond donors (Lipinski definition) is 2. The fourth-order valence-electron chi connectivity index (χ4n) is 3.29. The maximum Gasteiger partial charge on any atom is 0.440 e. The van der Waals surface area contributed by atoms with Crippen molar-refractivity contribution in [3.63, 3.8) is 0 Å². The lowest BCUT2D eigenvalue weighted by Crippen LogP contribution is -2.69. The molecular weight excluding hydrogens is 447 g/mol. The lowest BCUT2D eigenvalue weighted by Gasteiger charge is -2.30. The van der Waals surface area contributed by atoms with Crippen molar-refractivity contribution in [2.45, 2.75) is 18.4 Å². The molecule has 2 aromatic carbocycles. The fourth-order valence-corrected chi connectivity index (χ4v) is 3.29. The summed E-state index contributed by atoms with van der Waals surface area (Å²) >= 11 is 0. The highest BCUT2D eigenvalue weighted by Crippen LogP contribution is 2.39. The van der Waals surface area contributed by atoms with E-state index in [0.29, 0.717) is 10.5 Å². The van der Waals surface area contributed by atoms with E-state index < -0.39 is 36.2 Å². The topological polar surface area (TPSA) is 106 Å². The van der Waals surface area contributed by atoms with Crippen molar-refractivity contribution in [1.82, 2.24) is 15.5 Å². The van der Waals surface area contributed by atoms with Crippen LogP contribution in [0.4, 0.5) is 18.0 Å². The van der Waals surface area contributed by atoms with Crippen molar-refractivity contribution in [2.24, 2.45) is 0 Å². The number of amides is 4. The van der Waals surface area contributed by atoms with Crippen LogP contribution in [0.1, 0.15) is 15.9 Å². The molecule has 2 aromatic rings. The number of benzene rings is 2. The van der Waals surface area contributed by atoms with Gasteiger partial charge in [0.25, 0.3) is 17.5 Å². The third-order valence-electron chi connectivity index (χ3n) is 4.94. The van der Waals surface area contributed by atoms with Crippen molar-refractivity contribution in [3.05, 3.63) is 53.6 Å². The maximum atomic E-state index is 14.1. The minimum absolute atomic E-state index is 0.00977. The molecule has 1 aliphatic rings. The van der Waals surface area contributed by atoms with Gasteiger partial charge in [0.1, 0.15) is 0 Å². The Balaban J connectivity index is 1.97. The number of alkyl halides is 3. The molecule has 4 amide bonds. The fraction of sp³-hybridized carbons (Fsp3) is 0.286. The third kappa shape index (κ3) is 4.23. The number of methoxy groups -OCH3 is 3. The molecule has 0 spiro atoms. The Labute approximate surface area is 186 Å². The second-order valence-electron chi connectivity index (χ2n) is 6.92. The van der Waals surface area contributed by atoms with E-state index in [9.17, 15) is 27.6 Å². The number of carbonyl (C=O) groups is 3. The highest BCUT2D eigenvalue weighted by molar-refractivity contribution is 6.10. The Morgan fingerprint density at radius 1 is 1.03 bits per heavy atom. The van der Waals surface area contributed by atoms with E-state index in [2.05, 4.69) is 0 Å². The Kier molecular flexibility index (Phi) is 6.38. The number of nitrogens with one attached hydrogen (secondary N) is 2. The van der Waals surface area contributed by atoms with Gasteiger partial charge in [-0.05, 0) is 17.7 Å². The Morgan fingerprint density at radius 3 is 2.09 bits per heavy atom. The summed E-state index contributed by atoms with van der Waals surface area (Å²) in [6.07, 6.45) is -5.35. The molecule has 1 aliphatic heterocycles. The molecule has 2 N–H and O–H groups in total. The molecule has 0 unspecified atom stereocenters. The zero-order chi connectivity index (χ0) is 24.4. The number of carbonyl (C=O) groups excluding carboxylic acids is 3. The van der Waals surface area contributed by atoms with Crippen molar-refractivity contribution in [1.29, 1.82) is 0 Å². The van der Waals surface area contributed by atoms with Gasteiger partial charge in [-0.15, -0.1) is 0 Å². The average molecular weight is 467 g/mol. The lowest BCUT2D eigenvalue weighted by atomic mass is 10.1. The van der Waals surface area contributed by atoms with E-state index >= 15 is 0 Å². The van der Waals surface area contributed by atoms with Crippen LogP contribution in [-0.2, 0) is 11.3 Å². The Morgan fingerprint density at radius 2 is 1.61 bits per heavy atom. The lowest BCUT2D eigenvalue weighted by molar-refractivity contribution is -0.200. The molecule has 1 atom stereocenters. The van der Waals surface area contributed by atoms with Gasteiger partial charge in [0.2, 0.25) is 5.75 Å². The van der Waals surface area contributed by atoms with Crippen LogP contribution in [0.2, 0.25) is 0 Å². The van der Waals surface area contributed by atoms with E-state index in [-0.39, 0.29) is 22.8 Å². The number of ether oxygens (including phenoxy) is 3. The summed E-state index contributed by atoms with van der Waals surface area (Å²) < 4.78 is 57.6. The van der Waals surface area contributed by atoms with Crippen LogP contribution in [0.5, 0.6) is 17.2 Å². The molecule has 0 bridgehead atoms. The predicted molar refractivity (Wildman–Crippen MR) is 108 cm³/mol. The van der Waals surface area contributed by atoms with Gasteiger partial charge in [-0.1, -0.05) is 30.3 Å². The van der Waals surface area contributed by atoms with Crippen molar-refractivity contribution in [3.8, 4) is 17.2 Å². The number of rotatable bonds is 7. The average Bonchev–Trinajstić information content (AvgIpc) is 3.03. The predicted octanol–water partition coefficient (Wildman–Crippen LogP) is 2.45. The zero-order valence-corrected chi connectivity index (χ0v) is 17.8. The van der Waals surface area contributed by atoms with Gasteiger partial charge in [0.15, 0.2) is 11.5 Å². The zero-order valence-electron chi connectivity index (χ0n) is 17.8. The summed E-state index contributed by atoms with van der Waals surface area (Å²) in [5, 5.41) is 3.25. The van der Waals surface area contributed by atoms with E-state index in [1.54, 1.807) is 41.0 Å². The summed E-state index contributed by atoms with van der Waals surface area (Å²) in [7, 11) is 3.84. The number of imide groups is 1. The van der Waals surface area contributed by atoms with Gasteiger partial charge in [0, 0.05) is 5.56 Å². The summed E-state index contributed by atoms with van der Waals surface area (Å²) in [5.41, 5.74) is -3.55. The van der Waals surface area contributed by atoms with Crippen molar-refractivity contribution >= 4 is 17.8 Å². The highest BCUT2D eigenvalue weighted by atomic mass is 19.4. The molecule has 3 rings (SSSR count). The van der Waals surface area contributed by atoms with E-state index in [4.69, 9.17) is 14.2 Å². The maximum absolute atomic E-state index is 14.1. The summed E-state index contributed by atoms with van der Waals surface area (Å²) in [6, 6.07) is 8.91. The first-order chi connectivity index (χ1) is 15.6. The van der Waals surface area contributed by atoms with Gasteiger partial charge < -0.3 is 19.5 Å². The number of nitrogens with zero attached hydrogens (tertiary/aromatic N) is 1. The van der Waals surface area contributed by atoms with Crippen LogP contribution in [0.3, 0.4) is 0 Å². The minimum atomic E-state index is -5.35. The normalized spacial score (nSPS) is 18.1. The quantitative estimate of drug-likeness (QED) is 0.606. The molecule has 12 heteroatoms. The highest BCUT2D eigenvalue weighted by Gasteiger charge is 2.68. The molecule has 0 aliphatic carbocycles. The second kappa shape index (κ2) is 8.88. The molecular formula is C21H20F3N3O6. The van der Waals surface area contributed by atoms with Crippen molar-refractivity contribution < 1.29 is 41.8 Å². The second-order valence-corrected chi connectivity index (χ2v) is 6.92. The summed E-state index contributed by atoms with van der Waals surface area (Å²) in [6.45, 7) is -0.413. The van der Waals surface area contributed by atoms with Gasteiger partial charge >= 0.3 is 12.2 Å². The van der Waals surface area contributed by atoms with Gasteiger partial charge in [-0.3, -0.25) is 19.8 Å². The van der Waals surface area contributed by atoms with Crippen molar-refractivity contribution in [2.75, 3.05) is 21.3 Å². The van der Waals surface area contributed by atoms with Gasteiger partial charge in [0.05, 0.1) is 27.9 Å². The molecule has 0 radical (unpaired) electrons. The Hall–Kier alpha value is -3.96. The molecule has 176 valence electrons. The summed E-state index contributed by atoms with van der Waals surface area (Å²) in [5.74, 6) is -2.83. The largest absolute Gasteiger partial charge is 0.493 e. The number of halogens is 3. The first kappa shape index (κ1) is 23.7. The smallest absolute Gasteiger partial charge is 0.440 e. The van der Waals surface area contributed by atoms with Gasteiger partial charge in [-0.25, -0.2) is 4.79 Å². The molecule has 1 fully saturated rings. The van der Waals surface area contributed by atoms with Crippen LogP contribution in [-0.4, -0.2) is 55.9 Å². The minimum Gasteiger partial charge on any atom is -0.493 e. The van der Waals surface area contributed by atoms with Crippen LogP contribution < -0.4 is 24.8 Å². The van der Waals surface area contributed by atoms with E-state index in [0.717, 1.165) is 12.1 Å². The molecule has 0 saturated carbocycles. The number of hydrogen-bond acceptors (Lipinski definition) is 6.